The highest BCUT2D eigenvalue weighted by atomic mass is 16.2. The fourth-order valence-electron chi connectivity index (χ4n) is 1.25. The molecule has 0 aromatic carbocycles. The van der Waals surface area contributed by atoms with Gasteiger partial charge in [-0.3, -0.25) is 9.48 Å². The maximum Gasteiger partial charge on any atom is 0.236 e. The number of nitrogens with zero attached hydrogens (tertiary/aromatic N) is 2. The molecular weight excluding hydrogens is 192 g/mol. The van der Waals surface area contributed by atoms with Crippen LogP contribution in [0.15, 0.2) is 12.3 Å². The maximum atomic E-state index is 11.4. The van der Waals surface area contributed by atoms with Crippen molar-refractivity contribution < 1.29 is 4.79 Å². The molecule has 0 aliphatic heterocycles. The van der Waals surface area contributed by atoms with Gasteiger partial charge in [-0.2, -0.15) is 5.10 Å². The summed E-state index contributed by atoms with van der Waals surface area (Å²) in [4.78, 5) is 11.4. The lowest BCUT2D eigenvalue weighted by Crippen LogP contribution is -2.41. The van der Waals surface area contributed by atoms with Gasteiger partial charge in [0.15, 0.2) is 0 Å². The van der Waals surface area contributed by atoms with Crippen LogP contribution in [0.4, 0.5) is 0 Å². The van der Waals surface area contributed by atoms with E-state index in [4.69, 9.17) is 0 Å². The molecule has 0 aliphatic carbocycles. The molecule has 1 aromatic rings. The van der Waals surface area contributed by atoms with Crippen LogP contribution in [0, 0.1) is 0 Å². The number of rotatable bonds is 5. The first-order valence-electron chi connectivity index (χ1n) is 5.13. The normalized spacial score (nSPS) is 12.5. The molecule has 0 radical (unpaired) electrons. The molecule has 0 fully saturated rings. The highest BCUT2D eigenvalue weighted by Crippen LogP contribution is 1.96. The molecule has 15 heavy (non-hydrogen) atoms. The Bertz CT molecular complexity index is 321. The number of likely N-dealkylation sites (N-methyl/N-ethyl adjacent to an activating group) is 1. The summed E-state index contributed by atoms with van der Waals surface area (Å²) in [7, 11) is 1.88. The van der Waals surface area contributed by atoms with E-state index in [2.05, 4.69) is 15.7 Å². The van der Waals surface area contributed by atoms with Crippen LogP contribution in [-0.2, 0) is 18.4 Å². The van der Waals surface area contributed by atoms with Crippen LogP contribution in [0.2, 0.25) is 0 Å². The first kappa shape index (κ1) is 11.7. The number of nitrogens with one attached hydrogen (secondary N) is 2. The van der Waals surface area contributed by atoms with E-state index in [9.17, 15) is 4.79 Å². The zero-order chi connectivity index (χ0) is 11.3. The molecule has 5 heteroatoms. The number of amides is 1. The predicted molar refractivity (Wildman–Crippen MR) is 58.2 cm³/mol. The van der Waals surface area contributed by atoms with Crippen molar-refractivity contribution in [1.82, 2.24) is 20.4 Å². The lowest BCUT2D eigenvalue weighted by molar-refractivity contribution is -0.122. The average molecular weight is 210 g/mol. The van der Waals surface area contributed by atoms with E-state index in [1.54, 1.807) is 10.9 Å². The van der Waals surface area contributed by atoms with Crippen molar-refractivity contribution in [3.63, 3.8) is 0 Å². The van der Waals surface area contributed by atoms with Crippen molar-refractivity contribution >= 4 is 5.91 Å². The Morgan fingerprint density at radius 2 is 2.40 bits per heavy atom. The maximum absolute atomic E-state index is 11.4. The highest BCUT2D eigenvalue weighted by Gasteiger charge is 2.11. The first-order chi connectivity index (χ1) is 7.15. The molecule has 1 atom stereocenters. The van der Waals surface area contributed by atoms with Gasteiger partial charge in [0.25, 0.3) is 0 Å². The Morgan fingerprint density at radius 1 is 1.67 bits per heavy atom. The minimum atomic E-state index is -0.181. The Labute approximate surface area is 89.9 Å². The number of hydrogen-bond acceptors (Lipinski definition) is 3. The zero-order valence-corrected chi connectivity index (χ0v) is 9.45. The van der Waals surface area contributed by atoms with Crippen molar-refractivity contribution in [2.24, 2.45) is 7.05 Å². The molecular formula is C10H18N4O. The smallest absolute Gasteiger partial charge is 0.236 e. The Morgan fingerprint density at radius 3 is 2.93 bits per heavy atom. The summed E-state index contributed by atoms with van der Waals surface area (Å²) in [5, 5.41) is 9.96. The molecule has 0 saturated heterocycles. The van der Waals surface area contributed by atoms with Crippen molar-refractivity contribution in [3.05, 3.63) is 18.0 Å². The summed E-state index contributed by atoms with van der Waals surface area (Å²) in [5.74, 6) is 0.0275. The third-order valence-corrected chi connectivity index (χ3v) is 2.26. The van der Waals surface area contributed by atoms with Crippen LogP contribution in [-0.4, -0.2) is 28.3 Å². The van der Waals surface area contributed by atoms with Crippen molar-refractivity contribution in [2.45, 2.75) is 26.4 Å². The van der Waals surface area contributed by atoms with Crippen LogP contribution < -0.4 is 10.6 Å². The van der Waals surface area contributed by atoms with Gasteiger partial charge in [0.2, 0.25) is 5.91 Å². The molecule has 1 amide bonds. The molecule has 0 saturated carbocycles. The third-order valence-electron chi connectivity index (χ3n) is 2.26. The summed E-state index contributed by atoms with van der Waals surface area (Å²) in [6, 6.07) is 1.75. The van der Waals surface area contributed by atoms with Crippen molar-refractivity contribution in [2.75, 3.05) is 6.54 Å². The molecule has 0 bridgehead atoms. The lowest BCUT2D eigenvalue weighted by atomic mass is 10.3. The van der Waals surface area contributed by atoms with Gasteiger partial charge < -0.3 is 10.6 Å². The van der Waals surface area contributed by atoms with Gasteiger partial charge in [-0.05, 0) is 19.9 Å². The SMILES string of the molecule is CCNC(=O)C(C)NCc1ccnn1C. The van der Waals surface area contributed by atoms with Gasteiger partial charge in [0.1, 0.15) is 0 Å². The predicted octanol–water partition coefficient (Wildman–Crippen LogP) is 0.0343. The largest absolute Gasteiger partial charge is 0.355 e. The summed E-state index contributed by atoms with van der Waals surface area (Å²) in [5.41, 5.74) is 1.06. The average Bonchev–Trinajstić information content (AvgIpc) is 2.61. The van der Waals surface area contributed by atoms with Gasteiger partial charge in [0, 0.05) is 26.3 Å². The fraction of sp³-hybridized carbons (Fsp3) is 0.600. The minimum Gasteiger partial charge on any atom is -0.355 e. The topological polar surface area (TPSA) is 59.0 Å². The van der Waals surface area contributed by atoms with Gasteiger partial charge >= 0.3 is 0 Å². The summed E-state index contributed by atoms with van der Waals surface area (Å²) < 4.78 is 1.79. The van der Waals surface area contributed by atoms with E-state index in [0.717, 1.165) is 5.69 Å². The minimum absolute atomic E-state index is 0.0275. The number of carbonyl (C=O) groups is 1. The van der Waals surface area contributed by atoms with Gasteiger partial charge in [-0.25, -0.2) is 0 Å². The lowest BCUT2D eigenvalue weighted by Gasteiger charge is -2.13. The standard InChI is InChI=1S/C10H18N4O/c1-4-11-10(15)8(2)12-7-9-5-6-13-14(9)3/h5-6,8,12H,4,7H2,1-3H3,(H,11,15). The molecule has 0 aliphatic rings. The fourth-order valence-corrected chi connectivity index (χ4v) is 1.25. The highest BCUT2D eigenvalue weighted by molar-refractivity contribution is 5.81. The van der Waals surface area contributed by atoms with Gasteiger partial charge in [0.05, 0.1) is 11.7 Å². The molecule has 1 rings (SSSR count). The Balaban J connectivity index is 2.37. The monoisotopic (exact) mass is 210 g/mol. The number of hydrogen-bond donors (Lipinski definition) is 2. The van der Waals surface area contributed by atoms with E-state index in [0.29, 0.717) is 13.1 Å². The molecule has 1 unspecified atom stereocenters. The number of aromatic nitrogens is 2. The Kier molecular flexibility index (Phi) is 4.30. The second-order valence-corrected chi connectivity index (χ2v) is 3.44. The summed E-state index contributed by atoms with van der Waals surface area (Å²) >= 11 is 0. The van der Waals surface area contributed by atoms with Gasteiger partial charge in [-0.1, -0.05) is 0 Å². The second-order valence-electron chi connectivity index (χ2n) is 3.44. The van der Waals surface area contributed by atoms with Gasteiger partial charge in [-0.15, -0.1) is 0 Å². The summed E-state index contributed by atoms with van der Waals surface area (Å²) in [6.07, 6.45) is 1.74. The Hall–Kier alpha value is -1.36. The van der Waals surface area contributed by atoms with Crippen LogP contribution >= 0.6 is 0 Å². The molecule has 84 valence electrons. The van der Waals surface area contributed by atoms with E-state index < -0.39 is 0 Å². The molecule has 2 N–H and O–H groups in total. The van der Waals surface area contributed by atoms with E-state index >= 15 is 0 Å². The van der Waals surface area contributed by atoms with Crippen LogP contribution in [0.25, 0.3) is 0 Å². The van der Waals surface area contributed by atoms with Crippen LogP contribution in [0.3, 0.4) is 0 Å². The van der Waals surface area contributed by atoms with Crippen LogP contribution in [0.1, 0.15) is 19.5 Å². The van der Waals surface area contributed by atoms with E-state index in [1.165, 1.54) is 0 Å². The molecule has 1 aromatic heterocycles. The number of aryl methyl sites for hydroxylation is 1. The van der Waals surface area contributed by atoms with E-state index in [-0.39, 0.29) is 11.9 Å². The van der Waals surface area contributed by atoms with Crippen LogP contribution in [0.5, 0.6) is 0 Å². The van der Waals surface area contributed by atoms with Crippen molar-refractivity contribution in [3.8, 4) is 0 Å². The summed E-state index contributed by atoms with van der Waals surface area (Å²) in [6.45, 7) is 5.07. The molecule has 0 spiro atoms. The van der Waals surface area contributed by atoms with E-state index in [1.807, 2.05) is 27.0 Å². The molecule has 1 heterocycles. The zero-order valence-electron chi connectivity index (χ0n) is 9.45. The third kappa shape index (κ3) is 3.36. The quantitative estimate of drug-likeness (QED) is 0.721. The molecule has 5 nitrogen and oxygen atoms in total. The first-order valence-corrected chi connectivity index (χ1v) is 5.13. The number of carbonyl (C=O) groups excluding carboxylic acids is 1. The van der Waals surface area contributed by atoms with Crippen molar-refractivity contribution in [1.29, 1.82) is 0 Å². The second kappa shape index (κ2) is 5.50.